The van der Waals surface area contributed by atoms with Crippen molar-refractivity contribution >= 4 is 46.7 Å². The predicted octanol–water partition coefficient (Wildman–Crippen LogP) is 3.95. The number of carbonyl (C=O) groups excluding carboxylic acids is 1. The Hall–Kier alpha value is -2.77. The zero-order valence-electron chi connectivity index (χ0n) is 14.6. The standard InChI is InChI=1S/C19H16ClN3O3S/c1-25-14-8-7-12(16(10-14)26-2)9-17-18(24)22-19(27-17)23-21-11-13-5-3-4-6-15(13)20/h3-11H,1-2H3,(H,22,23,24). The van der Waals surface area contributed by atoms with Gasteiger partial charge in [-0.3, -0.25) is 10.1 Å². The van der Waals surface area contributed by atoms with Gasteiger partial charge in [0, 0.05) is 22.2 Å². The van der Waals surface area contributed by atoms with E-state index in [0.717, 1.165) is 11.1 Å². The number of amidine groups is 1. The van der Waals surface area contributed by atoms with E-state index in [2.05, 4.69) is 15.5 Å². The Balaban J connectivity index is 1.77. The zero-order chi connectivity index (χ0) is 19.2. The summed E-state index contributed by atoms with van der Waals surface area (Å²) in [6, 6.07) is 12.7. The molecule has 2 aromatic rings. The van der Waals surface area contributed by atoms with Crippen LogP contribution in [0.3, 0.4) is 0 Å². The predicted molar refractivity (Wildman–Crippen MR) is 110 cm³/mol. The molecule has 1 amide bonds. The number of benzene rings is 2. The third kappa shape index (κ3) is 4.69. The third-order valence-electron chi connectivity index (χ3n) is 3.63. The van der Waals surface area contributed by atoms with E-state index in [1.165, 1.54) is 18.0 Å². The maximum Gasteiger partial charge on any atom is 0.264 e. The van der Waals surface area contributed by atoms with Crippen LogP contribution in [0.2, 0.25) is 5.02 Å². The molecule has 1 aliphatic rings. The molecule has 2 aromatic carbocycles. The Morgan fingerprint density at radius 3 is 2.67 bits per heavy atom. The van der Waals surface area contributed by atoms with Gasteiger partial charge in [0.15, 0.2) is 5.17 Å². The van der Waals surface area contributed by atoms with Crippen LogP contribution in [0.15, 0.2) is 57.6 Å². The monoisotopic (exact) mass is 401 g/mol. The highest BCUT2D eigenvalue weighted by Gasteiger charge is 2.24. The lowest BCUT2D eigenvalue weighted by atomic mass is 10.1. The van der Waals surface area contributed by atoms with Crippen LogP contribution in [-0.4, -0.2) is 31.5 Å². The molecule has 1 saturated heterocycles. The topological polar surface area (TPSA) is 72.3 Å². The van der Waals surface area contributed by atoms with Crippen molar-refractivity contribution in [2.24, 2.45) is 10.2 Å². The number of amides is 1. The first-order valence-corrected chi connectivity index (χ1v) is 9.08. The van der Waals surface area contributed by atoms with Gasteiger partial charge in [0.05, 0.1) is 25.3 Å². The van der Waals surface area contributed by atoms with E-state index in [9.17, 15) is 4.79 Å². The molecule has 1 N–H and O–H groups in total. The summed E-state index contributed by atoms with van der Waals surface area (Å²) in [6.45, 7) is 0. The smallest absolute Gasteiger partial charge is 0.264 e. The van der Waals surface area contributed by atoms with E-state index in [1.54, 1.807) is 38.5 Å². The molecular formula is C19H16ClN3O3S. The van der Waals surface area contributed by atoms with Gasteiger partial charge in [-0.05, 0) is 36.0 Å². The van der Waals surface area contributed by atoms with Crippen LogP contribution in [-0.2, 0) is 4.79 Å². The molecule has 1 fully saturated rings. The second-order valence-electron chi connectivity index (χ2n) is 5.34. The van der Waals surface area contributed by atoms with E-state index in [0.29, 0.717) is 26.6 Å². The fourth-order valence-corrected chi connectivity index (χ4v) is 3.23. The van der Waals surface area contributed by atoms with Crippen LogP contribution in [0, 0.1) is 0 Å². The van der Waals surface area contributed by atoms with Gasteiger partial charge in [0.25, 0.3) is 5.91 Å². The molecule has 0 bridgehead atoms. The number of carbonyl (C=O) groups is 1. The van der Waals surface area contributed by atoms with E-state index in [1.807, 2.05) is 24.3 Å². The van der Waals surface area contributed by atoms with Gasteiger partial charge < -0.3 is 9.47 Å². The number of nitrogens with one attached hydrogen (secondary N) is 1. The molecular weight excluding hydrogens is 386 g/mol. The average Bonchev–Trinajstić information content (AvgIpc) is 3.03. The first-order chi connectivity index (χ1) is 13.1. The number of thioether (sulfide) groups is 1. The van der Waals surface area contributed by atoms with Crippen LogP contribution in [0.25, 0.3) is 6.08 Å². The number of halogens is 1. The average molecular weight is 402 g/mol. The van der Waals surface area contributed by atoms with Crippen molar-refractivity contribution in [3.63, 3.8) is 0 Å². The van der Waals surface area contributed by atoms with E-state index < -0.39 is 0 Å². The molecule has 8 heteroatoms. The van der Waals surface area contributed by atoms with Gasteiger partial charge >= 0.3 is 0 Å². The summed E-state index contributed by atoms with van der Waals surface area (Å²) in [5.74, 6) is 1.04. The SMILES string of the molecule is COc1ccc(C=C2S/C(=N\N=Cc3ccccc3Cl)NC2=O)c(OC)c1. The minimum atomic E-state index is -0.246. The third-order valence-corrected chi connectivity index (χ3v) is 4.87. The molecule has 0 aromatic heterocycles. The van der Waals surface area contributed by atoms with Crippen LogP contribution in [0.1, 0.15) is 11.1 Å². The summed E-state index contributed by atoms with van der Waals surface area (Å²) < 4.78 is 10.5. The quantitative estimate of drug-likeness (QED) is 0.467. The van der Waals surface area contributed by atoms with E-state index in [-0.39, 0.29) is 5.91 Å². The van der Waals surface area contributed by atoms with E-state index >= 15 is 0 Å². The highest BCUT2D eigenvalue weighted by molar-refractivity contribution is 8.18. The maximum absolute atomic E-state index is 12.2. The molecule has 0 radical (unpaired) electrons. The van der Waals surface area contributed by atoms with Gasteiger partial charge in [0.1, 0.15) is 11.5 Å². The Bertz CT molecular complexity index is 957. The number of ether oxygens (including phenoxy) is 2. The molecule has 0 atom stereocenters. The number of hydrogen-bond acceptors (Lipinski definition) is 6. The van der Waals surface area contributed by atoms with Crippen molar-refractivity contribution in [3.05, 3.63) is 63.5 Å². The van der Waals surface area contributed by atoms with Crippen molar-refractivity contribution in [2.45, 2.75) is 0 Å². The minimum Gasteiger partial charge on any atom is -0.497 e. The molecule has 1 aliphatic heterocycles. The first-order valence-electron chi connectivity index (χ1n) is 7.89. The molecule has 27 heavy (non-hydrogen) atoms. The largest absolute Gasteiger partial charge is 0.497 e. The Kier molecular flexibility index (Phi) is 6.16. The molecule has 0 unspecified atom stereocenters. The van der Waals surface area contributed by atoms with Crippen molar-refractivity contribution in [2.75, 3.05) is 14.2 Å². The van der Waals surface area contributed by atoms with Crippen molar-refractivity contribution in [1.29, 1.82) is 0 Å². The second-order valence-corrected chi connectivity index (χ2v) is 6.78. The lowest BCUT2D eigenvalue weighted by Crippen LogP contribution is -2.19. The fraction of sp³-hybridized carbons (Fsp3) is 0.105. The van der Waals surface area contributed by atoms with Gasteiger partial charge in [-0.1, -0.05) is 29.8 Å². The Morgan fingerprint density at radius 1 is 1.11 bits per heavy atom. The van der Waals surface area contributed by atoms with Gasteiger partial charge in [-0.25, -0.2) is 0 Å². The molecule has 1 heterocycles. The molecule has 138 valence electrons. The van der Waals surface area contributed by atoms with Gasteiger partial charge in [-0.2, -0.15) is 5.10 Å². The summed E-state index contributed by atoms with van der Waals surface area (Å²) >= 11 is 7.26. The van der Waals surface area contributed by atoms with Crippen molar-refractivity contribution < 1.29 is 14.3 Å². The maximum atomic E-state index is 12.2. The Labute approximate surface area is 165 Å². The fourth-order valence-electron chi connectivity index (χ4n) is 2.28. The summed E-state index contributed by atoms with van der Waals surface area (Å²) in [7, 11) is 3.15. The minimum absolute atomic E-state index is 0.246. The number of hydrogen-bond donors (Lipinski definition) is 1. The summed E-state index contributed by atoms with van der Waals surface area (Å²) in [5.41, 5.74) is 1.51. The lowest BCUT2D eigenvalue weighted by Gasteiger charge is -2.07. The summed E-state index contributed by atoms with van der Waals surface area (Å²) in [5, 5.41) is 11.7. The van der Waals surface area contributed by atoms with E-state index in [4.69, 9.17) is 21.1 Å². The second kappa shape index (κ2) is 8.75. The summed E-state index contributed by atoms with van der Waals surface area (Å²) in [4.78, 5) is 12.7. The number of methoxy groups -OCH3 is 2. The molecule has 0 spiro atoms. The first kappa shape index (κ1) is 19.0. The van der Waals surface area contributed by atoms with Gasteiger partial charge in [-0.15, -0.1) is 5.10 Å². The van der Waals surface area contributed by atoms with Crippen LogP contribution >= 0.6 is 23.4 Å². The van der Waals surface area contributed by atoms with Gasteiger partial charge in [0.2, 0.25) is 0 Å². The highest BCUT2D eigenvalue weighted by atomic mass is 35.5. The molecule has 3 rings (SSSR count). The zero-order valence-corrected chi connectivity index (χ0v) is 16.2. The number of nitrogens with zero attached hydrogens (tertiary/aromatic N) is 2. The normalized spacial score (nSPS) is 16.9. The van der Waals surface area contributed by atoms with Crippen molar-refractivity contribution in [1.82, 2.24) is 5.32 Å². The number of rotatable bonds is 5. The van der Waals surface area contributed by atoms with Crippen LogP contribution < -0.4 is 14.8 Å². The molecule has 6 nitrogen and oxygen atoms in total. The van der Waals surface area contributed by atoms with Crippen LogP contribution in [0.4, 0.5) is 0 Å². The molecule has 0 saturated carbocycles. The molecule has 0 aliphatic carbocycles. The highest BCUT2D eigenvalue weighted by Crippen LogP contribution is 2.31. The summed E-state index contributed by atoms with van der Waals surface area (Å²) in [6.07, 6.45) is 3.27. The lowest BCUT2D eigenvalue weighted by molar-refractivity contribution is -0.115. The Morgan fingerprint density at radius 2 is 1.93 bits per heavy atom. The van der Waals surface area contributed by atoms with Crippen molar-refractivity contribution in [3.8, 4) is 11.5 Å². The van der Waals surface area contributed by atoms with Crippen LogP contribution in [0.5, 0.6) is 11.5 Å².